The molecule has 1 unspecified atom stereocenters. The Bertz CT molecular complexity index is 725. The second kappa shape index (κ2) is 12.1. The van der Waals surface area contributed by atoms with Gasteiger partial charge in [0.2, 0.25) is 0 Å². The molecule has 0 aromatic heterocycles. The van der Waals surface area contributed by atoms with Crippen LogP contribution in [0.4, 0.5) is 0 Å². The fraction of sp³-hybridized carbons (Fsp3) is 0.667. The predicted molar refractivity (Wildman–Crippen MR) is 109 cm³/mol. The first kappa shape index (κ1) is 25.3. The van der Waals surface area contributed by atoms with E-state index in [0.717, 1.165) is 6.42 Å². The highest BCUT2D eigenvalue weighted by molar-refractivity contribution is 6.10. The minimum atomic E-state index is -1.30. The maximum absolute atomic E-state index is 12.9. The van der Waals surface area contributed by atoms with Gasteiger partial charge in [-0.3, -0.25) is 19.4 Å². The monoisotopic (exact) mass is 424 g/mol. The minimum absolute atomic E-state index is 0.0641. The summed E-state index contributed by atoms with van der Waals surface area (Å²) in [6.45, 7) is 10.6. The van der Waals surface area contributed by atoms with E-state index >= 15 is 0 Å². The van der Waals surface area contributed by atoms with E-state index < -0.39 is 42.3 Å². The number of nitrogens with zero attached hydrogens (tertiary/aromatic N) is 1. The van der Waals surface area contributed by atoms with Gasteiger partial charge in [-0.25, -0.2) is 4.79 Å². The fourth-order valence-corrected chi connectivity index (χ4v) is 3.08. The molecule has 9 nitrogen and oxygen atoms in total. The second-order valence-electron chi connectivity index (χ2n) is 7.32. The molecule has 0 saturated carbocycles. The predicted octanol–water partition coefficient (Wildman–Crippen LogP) is 1.80. The number of aliphatic imine (C=N–C) groups is 1. The average Bonchev–Trinajstić information content (AvgIpc) is 2.65. The van der Waals surface area contributed by atoms with Gasteiger partial charge in [0.05, 0.1) is 18.8 Å². The van der Waals surface area contributed by atoms with Crippen LogP contribution in [0.25, 0.3) is 0 Å². The molecule has 0 bridgehead atoms. The molecule has 1 N–H and O–H groups in total. The Labute approximate surface area is 177 Å². The van der Waals surface area contributed by atoms with Gasteiger partial charge in [0.25, 0.3) is 5.91 Å². The van der Waals surface area contributed by atoms with Gasteiger partial charge in [-0.15, -0.1) is 0 Å². The summed E-state index contributed by atoms with van der Waals surface area (Å²) in [6, 6.07) is 0. The summed E-state index contributed by atoms with van der Waals surface area (Å²) in [5, 5.41) is 2.66. The van der Waals surface area contributed by atoms with Crippen molar-refractivity contribution < 1.29 is 33.4 Å². The van der Waals surface area contributed by atoms with Crippen LogP contribution in [0.3, 0.4) is 0 Å². The summed E-state index contributed by atoms with van der Waals surface area (Å²) < 4.78 is 15.3. The highest BCUT2D eigenvalue weighted by Gasteiger charge is 2.46. The molecule has 9 heteroatoms. The van der Waals surface area contributed by atoms with Crippen LogP contribution in [0, 0.1) is 17.8 Å². The summed E-state index contributed by atoms with van der Waals surface area (Å²) >= 11 is 0. The first-order chi connectivity index (χ1) is 14.1. The van der Waals surface area contributed by atoms with Crippen molar-refractivity contribution in [1.29, 1.82) is 0 Å². The van der Waals surface area contributed by atoms with Gasteiger partial charge in [0.1, 0.15) is 11.8 Å². The van der Waals surface area contributed by atoms with Gasteiger partial charge in [-0.2, -0.15) is 0 Å². The molecule has 0 aromatic rings. The maximum Gasteiger partial charge on any atom is 0.336 e. The van der Waals surface area contributed by atoms with Gasteiger partial charge in [0.15, 0.2) is 6.61 Å². The number of esters is 3. The summed E-state index contributed by atoms with van der Waals surface area (Å²) in [5.74, 6) is -4.82. The molecule has 0 radical (unpaired) electrons. The summed E-state index contributed by atoms with van der Waals surface area (Å²) in [5.41, 5.74) is 0.517. The number of amides is 1. The van der Waals surface area contributed by atoms with Crippen molar-refractivity contribution in [3.05, 3.63) is 11.3 Å². The molecule has 0 spiro atoms. The third-order valence-corrected chi connectivity index (χ3v) is 4.51. The zero-order valence-electron chi connectivity index (χ0n) is 18.6. The van der Waals surface area contributed by atoms with Crippen LogP contribution in [0.15, 0.2) is 16.3 Å². The lowest BCUT2D eigenvalue weighted by atomic mass is 9.79. The van der Waals surface area contributed by atoms with E-state index in [1.54, 1.807) is 27.7 Å². The Balaban J connectivity index is 3.07. The highest BCUT2D eigenvalue weighted by Crippen LogP contribution is 2.33. The van der Waals surface area contributed by atoms with Crippen LogP contribution in [-0.4, -0.2) is 55.9 Å². The quantitative estimate of drug-likeness (QED) is 0.419. The van der Waals surface area contributed by atoms with Crippen LogP contribution in [-0.2, 0) is 33.4 Å². The summed E-state index contributed by atoms with van der Waals surface area (Å²) in [6.07, 6.45) is 0.790. The minimum Gasteiger partial charge on any atom is -0.465 e. The molecule has 1 amide bonds. The van der Waals surface area contributed by atoms with Gasteiger partial charge in [-0.1, -0.05) is 13.8 Å². The Kier molecular flexibility index (Phi) is 10.2. The number of hydrogen-bond donors (Lipinski definition) is 1. The largest absolute Gasteiger partial charge is 0.465 e. The zero-order valence-corrected chi connectivity index (χ0v) is 18.6. The van der Waals surface area contributed by atoms with Crippen molar-refractivity contribution in [3.8, 4) is 0 Å². The summed E-state index contributed by atoms with van der Waals surface area (Å²) in [4.78, 5) is 54.2. The highest BCUT2D eigenvalue weighted by atomic mass is 16.5. The Hall–Kier alpha value is -2.71. The molecule has 0 fully saturated rings. The molecule has 1 aliphatic rings. The van der Waals surface area contributed by atoms with E-state index in [9.17, 15) is 19.2 Å². The molecule has 168 valence electrons. The van der Waals surface area contributed by atoms with Crippen LogP contribution in [0.1, 0.15) is 48.0 Å². The molecule has 0 saturated heterocycles. The standard InChI is InChI=1S/C21H32N2O7/c1-7-28-19(25)16-13(5)23-14(6)17(20(26)29-8-2)18(16)21(27)30-11-15(24)22-10-9-12(3)4/h12,16,18H,7-11H2,1-6H3,(H,22,24)/t16?,18-/m1/s1. The van der Waals surface area contributed by atoms with E-state index in [2.05, 4.69) is 10.3 Å². The normalized spacial score (nSPS) is 18.6. The van der Waals surface area contributed by atoms with Crippen LogP contribution < -0.4 is 5.32 Å². The van der Waals surface area contributed by atoms with Crippen molar-refractivity contribution in [1.82, 2.24) is 5.32 Å². The first-order valence-electron chi connectivity index (χ1n) is 10.2. The maximum atomic E-state index is 12.9. The Morgan fingerprint density at radius 2 is 1.57 bits per heavy atom. The van der Waals surface area contributed by atoms with Gasteiger partial charge in [-0.05, 0) is 40.0 Å². The lowest BCUT2D eigenvalue weighted by Crippen LogP contribution is -2.43. The van der Waals surface area contributed by atoms with E-state index in [-0.39, 0.29) is 24.5 Å². The number of carbonyl (C=O) groups excluding carboxylic acids is 4. The number of hydrogen-bond acceptors (Lipinski definition) is 8. The third kappa shape index (κ3) is 6.96. The lowest BCUT2D eigenvalue weighted by molar-refractivity contribution is -0.159. The number of nitrogens with one attached hydrogen (secondary N) is 1. The SMILES string of the molecule is CCOC(=O)C1=C(C)N=C(C)C(C(=O)OCC)[C@H]1C(=O)OCC(=O)NCCC(C)C. The number of carbonyl (C=O) groups is 4. The van der Waals surface area contributed by atoms with Crippen molar-refractivity contribution in [2.75, 3.05) is 26.4 Å². The molecule has 1 aliphatic heterocycles. The molecule has 0 aromatic carbocycles. The van der Waals surface area contributed by atoms with Gasteiger partial charge < -0.3 is 19.5 Å². The second-order valence-corrected chi connectivity index (χ2v) is 7.32. The van der Waals surface area contributed by atoms with Crippen LogP contribution >= 0.6 is 0 Å². The molecular formula is C21H32N2O7. The van der Waals surface area contributed by atoms with Crippen LogP contribution in [0.2, 0.25) is 0 Å². The van der Waals surface area contributed by atoms with Crippen molar-refractivity contribution in [2.45, 2.75) is 48.0 Å². The van der Waals surface area contributed by atoms with Gasteiger partial charge >= 0.3 is 17.9 Å². The number of allylic oxidation sites excluding steroid dienone is 1. The van der Waals surface area contributed by atoms with E-state index in [4.69, 9.17) is 14.2 Å². The van der Waals surface area contributed by atoms with Crippen molar-refractivity contribution in [2.24, 2.45) is 22.7 Å². The molecule has 1 rings (SSSR count). The van der Waals surface area contributed by atoms with E-state index in [0.29, 0.717) is 18.2 Å². The molecule has 30 heavy (non-hydrogen) atoms. The summed E-state index contributed by atoms with van der Waals surface area (Å²) in [7, 11) is 0. The van der Waals surface area contributed by atoms with Crippen molar-refractivity contribution >= 4 is 29.5 Å². The average molecular weight is 424 g/mol. The molecule has 2 atom stereocenters. The lowest BCUT2D eigenvalue weighted by Gasteiger charge is -2.29. The fourth-order valence-electron chi connectivity index (χ4n) is 3.08. The number of ether oxygens (including phenoxy) is 3. The van der Waals surface area contributed by atoms with Gasteiger partial charge in [0, 0.05) is 18.0 Å². The number of rotatable bonds is 10. The topological polar surface area (TPSA) is 120 Å². The Morgan fingerprint density at radius 1 is 0.967 bits per heavy atom. The van der Waals surface area contributed by atoms with E-state index in [1.807, 2.05) is 13.8 Å². The zero-order chi connectivity index (χ0) is 22.8. The smallest absolute Gasteiger partial charge is 0.336 e. The molecular weight excluding hydrogens is 392 g/mol. The van der Waals surface area contributed by atoms with Crippen molar-refractivity contribution in [3.63, 3.8) is 0 Å². The molecule has 0 aliphatic carbocycles. The van der Waals surface area contributed by atoms with E-state index in [1.165, 1.54) is 0 Å². The third-order valence-electron chi connectivity index (χ3n) is 4.51. The Morgan fingerprint density at radius 3 is 2.13 bits per heavy atom. The first-order valence-corrected chi connectivity index (χ1v) is 10.2. The van der Waals surface area contributed by atoms with Crippen LogP contribution in [0.5, 0.6) is 0 Å². The molecule has 1 heterocycles.